The first-order valence-corrected chi connectivity index (χ1v) is 2.25. The van der Waals surface area contributed by atoms with Crippen LogP contribution >= 0.6 is 7.91 Å². The Hall–Kier alpha value is 3.18. The third-order valence-electron chi connectivity index (χ3n) is 0. The van der Waals surface area contributed by atoms with Crippen molar-refractivity contribution in [1.29, 1.82) is 0 Å². The van der Waals surface area contributed by atoms with Gasteiger partial charge in [-0.1, -0.05) is 0 Å². The second kappa shape index (κ2) is 7.29. The van der Waals surface area contributed by atoms with Gasteiger partial charge in [-0.25, -0.2) is 4.57 Å². The number of rotatable bonds is 0. The summed E-state index contributed by atoms with van der Waals surface area (Å²) < 4.78 is 19.0. The molecule has 2 N–H and O–H groups in total. The van der Waals surface area contributed by atoms with Gasteiger partial charge in [-0.3, -0.25) is 9.79 Å². The maximum Gasteiger partial charge on any atom is 1.00 e. The molecule has 0 bridgehead atoms. The van der Waals surface area contributed by atoms with Crippen LogP contribution in [0.2, 0.25) is 0 Å². The molecule has 0 saturated heterocycles. The molecule has 0 unspecified atom stereocenters. The van der Waals surface area contributed by atoms with Crippen LogP contribution in [-0.4, -0.2) is 9.79 Å². The average Bonchev–Trinajstić information content (AvgIpc) is 0.722. The topological polar surface area (TPSA) is 57.5 Å². The van der Waals surface area contributed by atoms with Gasteiger partial charge in [-0.2, -0.15) is 0 Å². The Morgan fingerprint density at radius 1 is 1.57 bits per heavy atom. The van der Waals surface area contributed by atoms with E-state index in [1.54, 1.807) is 0 Å². The molecule has 0 aromatic rings. The quantitative estimate of drug-likeness (QED) is 0.374. The second-order valence-corrected chi connectivity index (χ2v) is 1.42. The molecule has 0 spiro atoms. The summed E-state index contributed by atoms with van der Waals surface area (Å²) >= 11 is 0. The van der Waals surface area contributed by atoms with Crippen molar-refractivity contribution < 1.29 is 120 Å². The molecule has 0 aliphatic rings. The predicted molar refractivity (Wildman–Crippen MR) is 14.3 cm³/mol. The first-order chi connectivity index (χ1) is 2.00. The molecule has 7 heavy (non-hydrogen) atoms. The SMILES string of the molecule is O=P(O)(O)F.[Cs+].[H-].[U]. The fourth-order valence-electron chi connectivity index (χ4n) is 0. The molecule has 0 rings (SSSR count). The van der Waals surface area contributed by atoms with Crippen molar-refractivity contribution in [1.82, 2.24) is 0 Å². The van der Waals surface area contributed by atoms with Crippen molar-refractivity contribution in [3.8, 4) is 0 Å². The van der Waals surface area contributed by atoms with Crippen LogP contribution in [0.15, 0.2) is 0 Å². The van der Waals surface area contributed by atoms with Gasteiger partial charge in [-0.05, 0) is 0 Å². The molecule has 7 heteroatoms. The van der Waals surface area contributed by atoms with Crippen LogP contribution in [0.5, 0.6) is 0 Å². The Balaban J connectivity index is -0.0000000267. The molecule has 0 saturated carbocycles. The zero-order valence-electron chi connectivity index (χ0n) is 4.63. The molecule has 0 heterocycles. The summed E-state index contributed by atoms with van der Waals surface area (Å²) in [5.41, 5.74) is 0. The van der Waals surface area contributed by atoms with Crippen molar-refractivity contribution in [3.05, 3.63) is 0 Å². The van der Waals surface area contributed by atoms with Gasteiger partial charge in [-0.15, -0.1) is 4.20 Å². The molecule has 3 nitrogen and oxygen atoms in total. The van der Waals surface area contributed by atoms with Gasteiger partial charge in [0.15, 0.2) is 0 Å². The first kappa shape index (κ1) is 16.6. The fourth-order valence-corrected chi connectivity index (χ4v) is 0. The first-order valence-electron chi connectivity index (χ1n) is 0.752. The molecular formula is H3CsFO3PU. The third kappa shape index (κ3) is 46.8. The van der Waals surface area contributed by atoms with E-state index in [-0.39, 0.29) is 101 Å². The van der Waals surface area contributed by atoms with Gasteiger partial charge < -0.3 is 1.43 Å². The van der Waals surface area contributed by atoms with Gasteiger partial charge in [0.2, 0.25) is 0 Å². The molecule has 0 fully saturated rings. The zero-order valence-corrected chi connectivity index (χ0v) is 15.0. The van der Waals surface area contributed by atoms with E-state index in [1.807, 2.05) is 0 Å². The minimum absolute atomic E-state index is 0. The van der Waals surface area contributed by atoms with Crippen LogP contribution in [0.25, 0.3) is 0 Å². The average molecular weight is 472 g/mol. The van der Waals surface area contributed by atoms with E-state index < -0.39 is 7.91 Å². The smallest absolute Gasteiger partial charge is 1.00 e. The van der Waals surface area contributed by atoms with Crippen LogP contribution in [-0.2, 0) is 4.57 Å². The molecule has 0 aromatic carbocycles. The molecule has 0 atom stereocenters. The van der Waals surface area contributed by atoms with E-state index in [2.05, 4.69) is 0 Å². The molecule has 0 aliphatic heterocycles. The summed E-state index contributed by atoms with van der Waals surface area (Å²) in [6, 6.07) is 0. The Labute approximate surface area is 124 Å². The van der Waals surface area contributed by atoms with Gasteiger partial charge >= 0.3 is 76.8 Å². The summed E-state index contributed by atoms with van der Waals surface area (Å²) in [6.45, 7) is 0. The minimum atomic E-state index is -5.14. The summed E-state index contributed by atoms with van der Waals surface area (Å²) in [6.07, 6.45) is 0. The normalized spacial score (nSPS) is 8.43. The van der Waals surface area contributed by atoms with Gasteiger partial charge in [0.05, 0.1) is 0 Å². The van der Waals surface area contributed by atoms with Crippen LogP contribution in [0, 0.1) is 31.1 Å². The maximum absolute atomic E-state index is 10.4. The molecule has 0 aromatic heterocycles. The number of hydrogen-bond donors (Lipinski definition) is 2. The zero-order chi connectivity index (χ0) is 4.50. The Morgan fingerprint density at radius 2 is 1.57 bits per heavy atom. The van der Waals surface area contributed by atoms with Gasteiger partial charge in [0.25, 0.3) is 0 Å². The van der Waals surface area contributed by atoms with Crippen molar-refractivity contribution in [2.24, 2.45) is 0 Å². The summed E-state index contributed by atoms with van der Waals surface area (Å²) in [5, 5.41) is 0. The monoisotopic (exact) mass is 472 g/mol. The molecule has 38 valence electrons. The van der Waals surface area contributed by atoms with Crippen LogP contribution in [0.1, 0.15) is 1.43 Å². The summed E-state index contributed by atoms with van der Waals surface area (Å²) in [4.78, 5) is 13.9. The summed E-state index contributed by atoms with van der Waals surface area (Å²) in [5.74, 6) is 0. The van der Waals surface area contributed by atoms with Crippen molar-refractivity contribution in [2.75, 3.05) is 0 Å². The van der Waals surface area contributed by atoms with E-state index in [9.17, 15) is 4.20 Å². The van der Waals surface area contributed by atoms with E-state index in [4.69, 9.17) is 14.4 Å². The largest absolute Gasteiger partial charge is 1.00 e. The standard InChI is InChI=1S/Cs.FH2O3P.U.H/c;1-5(2,3)4;;/h;(H2,2,3,4);;/q+1;;;-1. The van der Waals surface area contributed by atoms with Crippen LogP contribution in [0.3, 0.4) is 0 Å². The Kier molecular flexibility index (Phi) is 17.3. The molecule has 0 radical (unpaired) electrons. The minimum Gasteiger partial charge on any atom is -1.00 e. The van der Waals surface area contributed by atoms with Gasteiger partial charge in [0.1, 0.15) is 0 Å². The molecular weight excluding hydrogens is 469 g/mol. The van der Waals surface area contributed by atoms with E-state index >= 15 is 0 Å². The van der Waals surface area contributed by atoms with E-state index in [1.165, 1.54) is 0 Å². The van der Waals surface area contributed by atoms with Crippen LogP contribution < -0.4 is 68.9 Å². The number of halogens is 1. The maximum atomic E-state index is 10.4. The van der Waals surface area contributed by atoms with Gasteiger partial charge in [0, 0.05) is 31.1 Å². The fraction of sp³-hybridized carbons (Fsp3) is 0. The second-order valence-electron chi connectivity index (χ2n) is 0.473. The summed E-state index contributed by atoms with van der Waals surface area (Å²) in [7, 11) is -5.14. The molecule has 0 amide bonds. The van der Waals surface area contributed by atoms with E-state index in [0.29, 0.717) is 0 Å². The van der Waals surface area contributed by atoms with Crippen molar-refractivity contribution >= 4 is 7.91 Å². The third-order valence-corrected chi connectivity index (χ3v) is 0. The van der Waals surface area contributed by atoms with Crippen molar-refractivity contribution in [3.63, 3.8) is 0 Å². The van der Waals surface area contributed by atoms with Crippen LogP contribution in [0.4, 0.5) is 4.20 Å². The van der Waals surface area contributed by atoms with E-state index in [0.717, 1.165) is 0 Å². The Bertz CT molecular complexity index is 65.4. The predicted octanol–water partition coefficient (Wildman–Crippen LogP) is -2.83. The Morgan fingerprint density at radius 3 is 1.57 bits per heavy atom. The van der Waals surface area contributed by atoms with Crippen molar-refractivity contribution in [2.45, 2.75) is 0 Å². The molecule has 0 aliphatic carbocycles. The number of hydrogen-bond acceptors (Lipinski definition) is 1.